The summed E-state index contributed by atoms with van der Waals surface area (Å²) in [5.41, 5.74) is 2.45. The van der Waals surface area contributed by atoms with Crippen LogP contribution in [0.2, 0.25) is 0 Å². The van der Waals surface area contributed by atoms with Crippen LogP contribution in [0, 0.1) is 0 Å². The number of benzene rings is 2. The molecule has 1 atom stereocenters. The van der Waals surface area contributed by atoms with Crippen molar-refractivity contribution < 1.29 is 18.0 Å². The second kappa shape index (κ2) is 10.5. The molecule has 35 heavy (non-hydrogen) atoms. The number of sulfonamides is 1. The smallest absolute Gasteiger partial charge is 0.243 e. The zero-order chi connectivity index (χ0) is 25.2. The molecule has 1 saturated heterocycles. The fourth-order valence-corrected chi connectivity index (χ4v) is 6.75. The lowest BCUT2D eigenvalue weighted by Crippen LogP contribution is -2.46. The predicted molar refractivity (Wildman–Crippen MR) is 136 cm³/mol. The van der Waals surface area contributed by atoms with E-state index in [2.05, 4.69) is 0 Å². The maximum Gasteiger partial charge on any atom is 0.243 e. The molecular formula is C27H35N3O4S. The Balaban J connectivity index is 1.57. The Morgan fingerprint density at radius 1 is 1.09 bits per heavy atom. The van der Waals surface area contributed by atoms with Crippen molar-refractivity contribution in [3.05, 3.63) is 59.7 Å². The summed E-state index contributed by atoms with van der Waals surface area (Å²) in [5, 5.41) is 0. The van der Waals surface area contributed by atoms with Crippen molar-refractivity contribution in [3.8, 4) is 0 Å². The predicted octanol–water partition coefficient (Wildman–Crippen LogP) is 3.97. The Labute approximate surface area is 208 Å². The number of hydrogen-bond acceptors (Lipinski definition) is 4. The van der Waals surface area contributed by atoms with Crippen LogP contribution in [0.25, 0.3) is 0 Å². The molecule has 0 unspecified atom stereocenters. The van der Waals surface area contributed by atoms with Gasteiger partial charge in [0.1, 0.15) is 6.54 Å². The molecule has 2 aromatic carbocycles. The molecule has 2 heterocycles. The van der Waals surface area contributed by atoms with Crippen LogP contribution in [0.3, 0.4) is 0 Å². The molecule has 0 aliphatic carbocycles. The van der Waals surface area contributed by atoms with Gasteiger partial charge in [0.25, 0.3) is 0 Å². The average Bonchev–Trinajstić information content (AvgIpc) is 2.84. The highest BCUT2D eigenvalue weighted by molar-refractivity contribution is 7.89. The summed E-state index contributed by atoms with van der Waals surface area (Å²) in [4.78, 5) is 29.7. The maximum absolute atomic E-state index is 13.3. The zero-order valence-corrected chi connectivity index (χ0v) is 21.6. The van der Waals surface area contributed by atoms with Crippen molar-refractivity contribution in [1.29, 1.82) is 0 Å². The van der Waals surface area contributed by atoms with E-state index in [1.165, 1.54) is 4.90 Å². The third-order valence-electron chi connectivity index (χ3n) is 7.03. The van der Waals surface area contributed by atoms with Gasteiger partial charge in [0.05, 0.1) is 4.90 Å². The van der Waals surface area contributed by atoms with Crippen molar-refractivity contribution >= 4 is 27.5 Å². The number of hydrogen-bond donors (Lipinski definition) is 0. The molecule has 188 valence electrons. The first-order valence-electron chi connectivity index (χ1n) is 12.5. The van der Waals surface area contributed by atoms with Gasteiger partial charge in [-0.25, -0.2) is 8.42 Å². The third kappa shape index (κ3) is 5.43. The quantitative estimate of drug-likeness (QED) is 0.580. The van der Waals surface area contributed by atoms with Crippen molar-refractivity contribution in [2.45, 2.75) is 76.4 Å². The van der Waals surface area contributed by atoms with E-state index >= 15 is 0 Å². The van der Waals surface area contributed by atoms with E-state index in [9.17, 15) is 18.0 Å². The first-order valence-corrected chi connectivity index (χ1v) is 13.9. The highest BCUT2D eigenvalue weighted by Gasteiger charge is 2.33. The van der Waals surface area contributed by atoms with Crippen molar-refractivity contribution in [2.24, 2.45) is 0 Å². The number of fused-ring (bicyclic) bond motifs is 1. The van der Waals surface area contributed by atoms with Gasteiger partial charge in [-0.1, -0.05) is 36.8 Å². The topological polar surface area (TPSA) is 78.0 Å². The van der Waals surface area contributed by atoms with Gasteiger partial charge >= 0.3 is 0 Å². The van der Waals surface area contributed by atoms with Gasteiger partial charge in [-0.3, -0.25) is 9.59 Å². The van der Waals surface area contributed by atoms with Gasteiger partial charge < -0.3 is 9.80 Å². The Hall–Kier alpha value is -2.71. The molecule has 4 rings (SSSR count). The van der Waals surface area contributed by atoms with Gasteiger partial charge in [0.2, 0.25) is 21.8 Å². The zero-order valence-electron chi connectivity index (χ0n) is 20.8. The maximum atomic E-state index is 13.3. The monoisotopic (exact) mass is 497 g/mol. The number of nitrogens with zero attached hydrogens (tertiary/aromatic N) is 3. The van der Waals surface area contributed by atoms with Crippen LogP contribution < -0.4 is 4.90 Å². The van der Waals surface area contributed by atoms with E-state index in [1.54, 1.807) is 27.4 Å². The minimum absolute atomic E-state index is 0.0212. The Kier molecular flexibility index (Phi) is 7.62. The molecule has 2 aromatic rings. The lowest BCUT2D eigenvalue weighted by molar-refractivity contribution is -0.133. The number of carbonyl (C=O) groups is 2. The first kappa shape index (κ1) is 25.4. The average molecular weight is 498 g/mol. The van der Waals surface area contributed by atoms with Crippen LogP contribution in [0.1, 0.15) is 57.6 Å². The summed E-state index contributed by atoms with van der Waals surface area (Å²) in [5.74, 6) is -0.251. The van der Waals surface area contributed by atoms with E-state index in [1.807, 2.05) is 51.1 Å². The molecule has 0 aromatic heterocycles. The second-order valence-electron chi connectivity index (χ2n) is 9.83. The molecule has 2 amide bonds. The molecule has 0 saturated carbocycles. The van der Waals surface area contributed by atoms with E-state index in [0.29, 0.717) is 25.2 Å². The number of aryl methyl sites for hydroxylation is 1. The molecular weight excluding hydrogens is 462 g/mol. The largest absolute Gasteiger partial charge is 0.334 e. The summed E-state index contributed by atoms with van der Waals surface area (Å²) in [6.45, 7) is 6.82. The van der Waals surface area contributed by atoms with Crippen molar-refractivity contribution in [3.63, 3.8) is 0 Å². The molecule has 2 aliphatic rings. The van der Waals surface area contributed by atoms with Crippen LogP contribution in [0.5, 0.6) is 0 Å². The number of piperidine rings is 1. The van der Waals surface area contributed by atoms with E-state index < -0.39 is 10.0 Å². The number of rotatable bonds is 7. The summed E-state index contributed by atoms with van der Waals surface area (Å²) in [7, 11) is -3.60. The molecule has 0 spiro atoms. The van der Waals surface area contributed by atoms with Crippen LogP contribution in [0.4, 0.5) is 5.69 Å². The fraction of sp³-hybridized carbons (Fsp3) is 0.481. The minimum atomic E-state index is -3.60. The molecule has 0 N–H and O–H groups in total. The van der Waals surface area contributed by atoms with E-state index in [4.69, 9.17) is 0 Å². The Bertz CT molecular complexity index is 1180. The fourth-order valence-electron chi connectivity index (χ4n) is 5.00. The van der Waals surface area contributed by atoms with Crippen LogP contribution >= 0.6 is 0 Å². The van der Waals surface area contributed by atoms with Gasteiger partial charge in [-0.2, -0.15) is 4.31 Å². The number of amides is 2. The summed E-state index contributed by atoms with van der Waals surface area (Å²) in [6, 6.07) is 14.7. The Morgan fingerprint density at radius 2 is 1.83 bits per heavy atom. The number of anilines is 1. The van der Waals surface area contributed by atoms with Gasteiger partial charge in [0.15, 0.2) is 0 Å². The molecule has 7 nitrogen and oxygen atoms in total. The van der Waals surface area contributed by atoms with Gasteiger partial charge in [-0.15, -0.1) is 0 Å². The van der Waals surface area contributed by atoms with Gasteiger partial charge in [-0.05, 0) is 69.4 Å². The number of carbonyl (C=O) groups excluding carboxylic acids is 2. The summed E-state index contributed by atoms with van der Waals surface area (Å²) >= 11 is 0. The van der Waals surface area contributed by atoms with Crippen LogP contribution in [-0.2, 0) is 32.6 Å². The van der Waals surface area contributed by atoms with Crippen molar-refractivity contribution in [2.75, 3.05) is 18.0 Å². The minimum Gasteiger partial charge on any atom is -0.334 e. The standard InChI is InChI=1S/C27H35N3O4S/c1-20(2)28(18-22-10-5-4-6-11-22)27(32)19-29-25-14-13-24(17-23(25)12-15-26(29)31)35(33,34)30-16-8-7-9-21(30)3/h4-6,10-11,13-14,17,20-21H,7-9,12,15-16,18-19H2,1-3H3/t21-/m1/s1. The molecule has 0 radical (unpaired) electrons. The van der Waals surface area contributed by atoms with E-state index in [0.717, 1.165) is 30.4 Å². The van der Waals surface area contributed by atoms with Gasteiger partial charge in [0, 0.05) is 37.3 Å². The summed E-state index contributed by atoms with van der Waals surface area (Å²) in [6.07, 6.45) is 3.50. The Morgan fingerprint density at radius 3 is 2.51 bits per heavy atom. The lowest BCUT2D eigenvalue weighted by Gasteiger charge is -2.34. The lowest BCUT2D eigenvalue weighted by atomic mass is 10.0. The highest BCUT2D eigenvalue weighted by atomic mass is 32.2. The molecule has 2 aliphatic heterocycles. The van der Waals surface area contributed by atoms with E-state index in [-0.39, 0.29) is 41.8 Å². The second-order valence-corrected chi connectivity index (χ2v) is 11.7. The van der Waals surface area contributed by atoms with Crippen LogP contribution in [0.15, 0.2) is 53.4 Å². The molecule has 0 bridgehead atoms. The first-order chi connectivity index (χ1) is 16.7. The molecule has 8 heteroatoms. The molecule has 1 fully saturated rings. The highest BCUT2D eigenvalue weighted by Crippen LogP contribution is 2.32. The van der Waals surface area contributed by atoms with Crippen LogP contribution in [-0.4, -0.2) is 54.6 Å². The van der Waals surface area contributed by atoms with Crippen molar-refractivity contribution in [1.82, 2.24) is 9.21 Å². The SMILES string of the molecule is CC(C)N(Cc1ccccc1)C(=O)CN1C(=O)CCc2cc(S(=O)(=O)N3CCCC[C@H]3C)ccc21. The third-order valence-corrected chi connectivity index (χ3v) is 9.04. The summed E-state index contributed by atoms with van der Waals surface area (Å²) < 4.78 is 28.3. The normalized spacial score (nSPS) is 19.0.